The van der Waals surface area contributed by atoms with E-state index in [1.54, 1.807) is 0 Å². The molecule has 64 valence electrons. The number of hydrogen-bond donors (Lipinski definition) is 1. The van der Waals surface area contributed by atoms with Crippen LogP contribution in [0.2, 0.25) is 0 Å². The third-order valence-corrected chi connectivity index (χ3v) is 1.81. The van der Waals surface area contributed by atoms with Gasteiger partial charge in [0, 0.05) is 17.2 Å². The Morgan fingerprint density at radius 3 is 2.27 bits per heavy atom. The van der Waals surface area contributed by atoms with Gasteiger partial charge < -0.3 is 5.43 Å². The molecule has 0 atom stereocenters. The maximum atomic E-state index is 4.20. The van der Waals surface area contributed by atoms with E-state index in [0.29, 0.717) is 5.41 Å². The van der Waals surface area contributed by atoms with Gasteiger partial charge in [-0.05, 0) is 33.6 Å². The van der Waals surface area contributed by atoms with Crippen LogP contribution in [0.4, 0.5) is 0 Å². The lowest BCUT2D eigenvalue weighted by Crippen LogP contribution is -2.31. The minimum atomic E-state index is 0.0990. The predicted molar refractivity (Wildman–Crippen MR) is 48.7 cm³/mol. The first-order valence-corrected chi connectivity index (χ1v) is 4.23. The first-order valence-electron chi connectivity index (χ1n) is 4.23. The molecule has 0 radical (unpaired) electrons. The lowest BCUT2D eigenvalue weighted by atomic mass is 10.1. The van der Waals surface area contributed by atoms with Gasteiger partial charge in [-0.25, -0.2) is 0 Å². The van der Waals surface area contributed by atoms with Crippen LogP contribution in [-0.2, 0) is 0 Å². The second kappa shape index (κ2) is 2.50. The number of hydrogen-bond acceptors (Lipinski definition) is 2. The molecular formula is C9H18N2. The Labute approximate surface area is 69.1 Å². The Hall–Kier alpha value is -0.530. The summed E-state index contributed by atoms with van der Waals surface area (Å²) < 4.78 is 0. The second-order valence-corrected chi connectivity index (χ2v) is 4.77. The molecule has 0 bridgehead atoms. The van der Waals surface area contributed by atoms with Crippen LogP contribution in [0.1, 0.15) is 40.5 Å². The summed E-state index contributed by atoms with van der Waals surface area (Å²) in [6.07, 6.45) is 4.63. The van der Waals surface area contributed by atoms with E-state index in [1.165, 1.54) is 12.8 Å². The van der Waals surface area contributed by atoms with Crippen molar-refractivity contribution in [2.24, 2.45) is 10.5 Å². The van der Waals surface area contributed by atoms with Gasteiger partial charge in [-0.3, -0.25) is 0 Å². The highest BCUT2D eigenvalue weighted by Crippen LogP contribution is 2.42. The van der Waals surface area contributed by atoms with Crippen molar-refractivity contribution in [1.82, 2.24) is 5.43 Å². The van der Waals surface area contributed by atoms with Crippen LogP contribution < -0.4 is 5.43 Å². The van der Waals surface area contributed by atoms with Gasteiger partial charge in [0.25, 0.3) is 0 Å². The van der Waals surface area contributed by atoms with Gasteiger partial charge in [-0.2, -0.15) is 5.10 Å². The van der Waals surface area contributed by atoms with E-state index in [4.69, 9.17) is 0 Å². The summed E-state index contributed by atoms with van der Waals surface area (Å²) >= 11 is 0. The molecule has 1 N–H and O–H groups in total. The first-order chi connectivity index (χ1) is 4.91. The van der Waals surface area contributed by atoms with Crippen molar-refractivity contribution in [3.8, 4) is 0 Å². The summed E-state index contributed by atoms with van der Waals surface area (Å²) in [6, 6.07) is 0. The Balaban J connectivity index is 2.26. The number of nitrogens with one attached hydrogen (secondary N) is 1. The summed E-state index contributed by atoms with van der Waals surface area (Å²) in [4.78, 5) is 0. The molecule has 1 saturated carbocycles. The fraction of sp³-hybridized carbons (Fsp3) is 0.889. The van der Waals surface area contributed by atoms with Gasteiger partial charge in [0.15, 0.2) is 0 Å². The number of nitrogens with zero attached hydrogens (tertiary/aromatic N) is 1. The Kier molecular flexibility index (Phi) is 1.95. The molecule has 0 aromatic rings. The van der Waals surface area contributed by atoms with Crippen LogP contribution in [0.25, 0.3) is 0 Å². The third kappa shape index (κ3) is 3.40. The van der Waals surface area contributed by atoms with E-state index in [2.05, 4.69) is 38.2 Å². The van der Waals surface area contributed by atoms with Crippen molar-refractivity contribution in [3.05, 3.63) is 0 Å². The van der Waals surface area contributed by atoms with Crippen molar-refractivity contribution in [2.75, 3.05) is 0 Å². The van der Waals surface area contributed by atoms with Crippen molar-refractivity contribution in [2.45, 2.75) is 46.1 Å². The summed E-state index contributed by atoms with van der Waals surface area (Å²) in [5, 5.41) is 4.20. The van der Waals surface area contributed by atoms with Gasteiger partial charge in [0.05, 0.1) is 0 Å². The Morgan fingerprint density at radius 1 is 1.36 bits per heavy atom. The molecule has 1 rings (SSSR count). The molecule has 0 unspecified atom stereocenters. The minimum absolute atomic E-state index is 0.0990. The summed E-state index contributed by atoms with van der Waals surface area (Å²) in [5.41, 5.74) is 3.60. The average Bonchev–Trinajstić information content (AvgIpc) is 2.44. The Morgan fingerprint density at radius 2 is 1.91 bits per heavy atom. The summed E-state index contributed by atoms with van der Waals surface area (Å²) in [7, 11) is 0. The van der Waals surface area contributed by atoms with Crippen molar-refractivity contribution >= 4 is 6.21 Å². The molecule has 0 aromatic heterocycles. The van der Waals surface area contributed by atoms with Crippen LogP contribution in [-0.4, -0.2) is 11.8 Å². The van der Waals surface area contributed by atoms with Gasteiger partial charge >= 0.3 is 0 Å². The van der Waals surface area contributed by atoms with E-state index < -0.39 is 0 Å². The maximum Gasteiger partial charge on any atom is 0.0464 e. The fourth-order valence-electron chi connectivity index (χ4n) is 0.708. The summed E-state index contributed by atoms with van der Waals surface area (Å²) in [6.45, 7) is 8.57. The molecule has 2 heteroatoms. The van der Waals surface area contributed by atoms with Crippen LogP contribution in [0.3, 0.4) is 0 Å². The zero-order valence-electron chi connectivity index (χ0n) is 7.94. The lowest BCUT2D eigenvalue weighted by Gasteiger charge is -2.17. The van der Waals surface area contributed by atoms with Crippen LogP contribution in [0.15, 0.2) is 5.10 Å². The smallest absolute Gasteiger partial charge is 0.0464 e. The first kappa shape index (κ1) is 8.57. The van der Waals surface area contributed by atoms with E-state index >= 15 is 0 Å². The highest BCUT2D eigenvalue weighted by atomic mass is 15.3. The molecule has 11 heavy (non-hydrogen) atoms. The molecule has 0 saturated heterocycles. The van der Waals surface area contributed by atoms with Crippen molar-refractivity contribution < 1.29 is 0 Å². The molecule has 0 aliphatic heterocycles. The molecule has 0 spiro atoms. The molecule has 2 nitrogen and oxygen atoms in total. The van der Waals surface area contributed by atoms with Gasteiger partial charge in [-0.1, -0.05) is 6.92 Å². The largest absolute Gasteiger partial charge is 0.305 e. The zero-order valence-corrected chi connectivity index (χ0v) is 7.94. The average molecular weight is 154 g/mol. The Bertz CT molecular complexity index is 161. The van der Waals surface area contributed by atoms with Crippen LogP contribution >= 0.6 is 0 Å². The highest BCUT2D eigenvalue weighted by molar-refractivity contribution is 5.68. The molecule has 0 amide bonds. The van der Waals surface area contributed by atoms with E-state index in [1.807, 2.05) is 6.21 Å². The van der Waals surface area contributed by atoms with Crippen molar-refractivity contribution in [3.63, 3.8) is 0 Å². The van der Waals surface area contributed by atoms with Crippen molar-refractivity contribution in [1.29, 1.82) is 0 Å². The fourth-order valence-corrected chi connectivity index (χ4v) is 0.708. The van der Waals surface area contributed by atoms with Gasteiger partial charge in [0.1, 0.15) is 0 Å². The third-order valence-electron chi connectivity index (χ3n) is 1.81. The predicted octanol–water partition coefficient (Wildman–Crippen LogP) is 2.16. The standard InChI is InChI=1S/C9H18N2/c1-8(2,3)11-10-7-9(4)5-6-9/h7,11H,5-6H2,1-4H3/b10-7+. The van der Waals surface area contributed by atoms with Gasteiger partial charge in [-0.15, -0.1) is 0 Å². The van der Waals surface area contributed by atoms with Gasteiger partial charge in [0.2, 0.25) is 0 Å². The normalized spacial score (nSPS) is 22.2. The number of rotatable bonds is 2. The quantitative estimate of drug-likeness (QED) is 0.478. The molecule has 0 heterocycles. The van der Waals surface area contributed by atoms with Crippen LogP contribution in [0.5, 0.6) is 0 Å². The molecule has 1 fully saturated rings. The van der Waals surface area contributed by atoms with E-state index in [9.17, 15) is 0 Å². The molecule has 0 aromatic carbocycles. The lowest BCUT2D eigenvalue weighted by molar-refractivity contribution is 0.440. The monoisotopic (exact) mass is 154 g/mol. The van der Waals surface area contributed by atoms with Crippen LogP contribution in [0, 0.1) is 5.41 Å². The van der Waals surface area contributed by atoms with E-state index in [0.717, 1.165) is 0 Å². The van der Waals surface area contributed by atoms with E-state index in [-0.39, 0.29) is 5.54 Å². The molecule has 1 aliphatic rings. The number of hydrazone groups is 1. The zero-order chi connectivity index (χ0) is 8.54. The molecular weight excluding hydrogens is 136 g/mol. The summed E-state index contributed by atoms with van der Waals surface area (Å²) in [5.74, 6) is 0. The minimum Gasteiger partial charge on any atom is -0.305 e. The topological polar surface area (TPSA) is 24.4 Å². The second-order valence-electron chi connectivity index (χ2n) is 4.77. The highest BCUT2D eigenvalue weighted by Gasteiger charge is 2.35. The SMILES string of the molecule is CC1(/C=N/NC(C)(C)C)CC1. The maximum absolute atomic E-state index is 4.20. The molecule has 1 aliphatic carbocycles.